The minimum absolute atomic E-state index is 0.116. The van der Waals surface area contributed by atoms with Crippen molar-refractivity contribution in [3.63, 3.8) is 0 Å². The number of nitrogens with one attached hydrogen (secondary N) is 1. The van der Waals surface area contributed by atoms with Gasteiger partial charge in [-0.15, -0.1) is 0 Å². The summed E-state index contributed by atoms with van der Waals surface area (Å²) in [5.74, 6) is 2.43. The van der Waals surface area contributed by atoms with Gasteiger partial charge in [0, 0.05) is 13.6 Å². The Morgan fingerprint density at radius 2 is 2.21 bits per heavy atom. The molecular formula is C14H26N4O. The zero-order valence-electron chi connectivity index (χ0n) is 12.4. The van der Waals surface area contributed by atoms with Gasteiger partial charge in [0.05, 0.1) is 24.4 Å². The molecule has 2 rings (SSSR count). The van der Waals surface area contributed by atoms with E-state index in [2.05, 4.69) is 17.3 Å². The first-order valence-electron chi connectivity index (χ1n) is 7.09. The molecule has 1 aliphatic rings. The molecule has 0 aromatic carbocycles. The molecule has 5 nitrogen and oxygen atoms in total. The molecule has 0 bridgehead atoms. The second-order valence-corrected chi connectivity index (χ2v) is 5.64. The SMILES string of the molecule is COc1c(C(CN)NCC(C)C2CC2)c(C)nn1C. The van der Waals surface area contributed by atoms with Crippen molar-refractivity contribution in [2.75, 3.05) is 20.2 Å². The summed E-state index contributed by atoms with van der Waals surface area (Å²) in [5, 5.41) is 8.00. The minimum Gasteiger partial charge on any atom is -0.481 e. The number of aromatic nitrogens is 2. The van der Waals surface area contributed by atoms with Gasteiger partial charge in [0.25, 0.3) is 0 Å². The Hall–Kier alpha value is -1.07. The summed E-state index contributed by atoms with van der Waals surface area (Å²) < 4.78 is 7.23. The summed E-state index contributed by atoms with van der Waals surface area (Å²) in [7, 11) is 3.58. The molecule has 1 saturated carbocycles. The molecule has 0 radical (unpaired) electrons. The molecule has 1 fully saturated rings. The first-order valence-corrected chi connectivity index (χ1v) is 7.09. The molecule has 0 aliphatic heterocycles. The van der Waals surface area contributed by atoms with Gasteiger partial charge in [0.2, 0.25) is 5.88 Å². The lowest BCUT2D eigenvalue weighted by molar-refractivity contribution is 0.358. The van der Waals surface area contributed by atoms with Gasteiger partial charge in [0.1, 0.15) is 0 Å². The normalized spacial score (nSPS) is 18.4. The number of nitrogens with two attached hydrogens (primary N) is 1. The summed E-state index contributed by atoms with van der Waals surface area (Å²) in [6.45, 7) is 5.88. The van der Waals surface area contributed by atoms with E-state index < -0.39 is 0 Å². The van der Waals surface area contributed by atoms with Crippen LogP contribution in [0.5, 0.6) is 5.88 Å². The van der Waals surface area contributed by atoms with Crippen molar-refractivity contribution in [3.05, 3.63) is 11.3 Å². The number of methoxy groups -OCH3 is 1. The molecule has 2 unspecified atom stereocenters. The second-order valence-electron chi connectivity index (χ2n) is 5.64. The summed E-state index contributed by atoms with van der Waals surface area (Å²) in [6, 6.07) is 0.116. The molecule has 108 valence electrons. The third-order valence-electron chi connectivity index (χ3n) is 4.10. The predicted octanol–water partition coefficient (Wildman–Crippen LogP) is 1.37. The Kier molecular flexibility index (Phi) is 4.47. The van der Waals surface area contributed by atoms with Crippen LogP contribution < -0.4 is 15.8 Å². The third kappa shape index (κ3) is 3.09. The molecular weight excluding hydrogens is 240 g/mol. The zero-order chi connectivity index (χ0) is 14.0. The van der Waals surface area contributed by atoms with Gasteiger partial charge in [-0.2, -0.15) is 5.10 Å². The maximum Gasteiger partial charge on any atom is 0.216 e. The average Bonchev–Trinajstić information content (AvgIpc) is 3.17. The number of hydrogen-bond donors (Lipinski definition) is 2. The Bertz CT molecular complexity index is 425. The third-order valence-corrected chi connectivity index (χ3v) is 4.10. The van der Waals surface area contributed by atoms with Crippen LogP contribution in [0.15, 0.2) is 0 Å². The van der Waals surface area contributed by atoms with E-state index in [0.717, 1.165) is 35.5 Å². The van der Waals surface area contributed by atoms with E-state index in [1.54, 1.807) is 11.8 Å². The molecule has 2 atom stereocenters. The molecule has 1 aromatic rings. The molecule has 3 N–H and O–H groups in total. The highest BCUT2D eigenvalue weighted by atomic mass is 16.5. The van der Waals surface area contributed by atoms with Crippen molar-refractivity contribution in [2.45, 2.75) is 32.7 Å². The molecule has 1 heterocycles. The Morgan fingerprint density at radius 3 is 2.74 bits per heavy atom. The largest absolute Gasteiger partial charge is 0.481 e. The number of ether oxygens (including phenoxy) is 1. The Balaban J connectivity index is 2.07. The van der Waals surface area contributed by atoms with Crippen LogP contribution in [0.4, 0.5) is 0 Å². The standard InChI is InChI=1S/C14H26N4O/c1-9(11-5-6-11)8-16-12(7-15)13-10(2)17-18(3)14(13)19-4/h9,11-12,16H,5-8,15H2,1-4H3. The lowest BCUT2D eigenvalue weighted by Gasteiger charge is -2.20. The lowest BCUT2D eigenvalue weighted by atomic mass is 10.0. The fraction of sp³-hybridized carbons (Fsp3) is 0.786. The van der Waals surface area contributed by atoms with E-state index in [9.17, 15) is 0 Å². The van der Waals surface area contributed by atoms with Crippen LogP contribution in [0.2, 0.25) is 0 Å². The van der Waals surface area contributed by atoms with Crippen molar-refractivity contribution in [2.24, 2.45) is 24.6 Å². The maximum atomic E-state index is 5.93. The van der Waals surface area contributed by atoms with Crippen LogP contribution in [0.1, 0.15) is 37.1 Å². The molecule has 0 saturated heterocycles. The predicted molar refractivity (Wildman–Crippen MR) is 76.2 cm³/mol. The Labute approximate surface area is 115 Å². The van der Waals surface area contributed by atoms with E-state index in [1.807, 2.05) is 14.0 Å². The van der Waals surface area contributed by atoms with Gasteiger partial charge in [0.15, 0.2) is 0 Å². The number of aryl methyl sites for hydroxylation is 2. The molecule has 1 aliphatic carbocycles. The highest BCUT2D eigenvalue weighted by Gasteiger charge is 2.29. The van der Waals surface area contributed by atoms with Crippen LogP contribution >= 0.6 is 0 Å². The molecule has 5 heteroatoms. The van der Waals surface area contributed by atoms with Crippen LogP contribution in [-0.4, -0.2) is 30.0 Å². The fourth-order valence-corrected chi connectivity index (χ4v) is 2.76. The lowest BCUT2D eigenvalue weighted by Crippen LogP contribution is -2.32. The average molecular weight is 266 g/mol. The number of hydrogen-bond acceptors (Lipinski definition) is 4. The Morgan fingerprint density at radius 1 is 1.53 bits per heavy atom. The summed E-state index contributed by atoms with van der Waals surface area (Å²) in [5.41, 5.74) is 8.01. The maximum absolute atomic E-state index is 5.93. The van der Waals surface area contributed by atoms with E-state index in [1.165, 1.54) is 12.8 Å². The highest BCUT2D eigenvalue weighted by molar-refractivity contribution is 5.34. The van der Waals surface area contributed by atoms with Crippen LogP contribution in [0.3, 0.4) is 0 Å². The van der Waals surface area contributed by atoms with Gasteiger partial charge in [-0.05, 0) is 38.1 Å². The molecule has 0 amide bonds. The topological polar surface area (TPSA) is 65.1 Å². The van der Waals surface area contributed by atoms with Gasteiger partial charge >= 0.3 is 0 Å². The van der Waals surface area contributed by atoms with Crippen LogP contribution in [-0.2, 0) is 7.05 Å². The quantitative estimate of drug-likeness (QED) is 0.782. The van der Waals surface area contributed by atoms with E-state index >= 15 is 0 Å². The fourth-order valence-electron chi connectivity index (χ4n) is 2.76. The first-order chi connectivity index (χ1) is 9.08. The summed E-state index contributed by atoms with van der Waals surface area (Å²) in [6.07, 6.45) is 2.76. The van der Waals surface area contributed by atoms with Gasteiger partial charge in [-0.25, -0.2) is 4.68 Å². The van der Waals surface area contributed by atoms with Gasteiger partial charge in [-0.1, -0.05) is 6.92 Å². The van der Waals surface area contributed by atoms with Crippen LogP contribution in [0.25, 0.3) is 0 Å². The number of nitrogens with zero attached hydrogens (tertiary/aromatic N) is 2. The van der Waals surface area contributed by atoms with Crippen molar-refractivity contribution < 1.29 is 4.74 Å². The molecule has 1 aromatic heterocycles. The zero-order valence-corrected chi connectivity index (χ0v) is 12.4. The molecule has 19 heavy (non-hydrogen) atoms. The van der Waals surface area contributed by atoms with E-state index in [-0.39, 0.29) is 6.04 Å². The van der Waals surface area contributed by atoms with Crippen LogP contribution in [0, 0.1) is 18.8 Å². The minimum atomic E-state index is 0.116. The van der Waals surface area contributed by atoms with Gasteiger partial charge in [-0.3, -0.25) is 0 Å². The van der Waals surface area contributed by atoms with E-state index in [0.29, 0.717) is 6.54 Å². The van der Waals surface area contributed by atoms with Crippen molar-refractivity contribution in [1.82, 2.24) is 15.1 Å². The monoisotopic (exact) mass is 266 g/mol. The number of rotatable bonds is 7. The second kappa shape index (κ2) is 5.92. The molecule has 0 spiro atoms. The summed E-state index contributed by atoms with van der Waals surface area (Å²) in [4.78, 5) is 0. The first kappa shape index (κ1) is 14.3. The van der Waals surface area contributed by atoms with Crippen molar-refractivity contribution in [1.29, 1.82) is 0 Å². The van der Waals surface area contributed by atoms with Crippen molar-refractivity contribution >= 4 is 0 Å². The highest BCUT2D eigenvalue weighted by Crippen LogP contribution is 2.36. The van der Waals surface area contributed by atoms with Gasteiger partial charge < -0.3 is 15.8 Å². The summed E-state index contributed by atoms with van der Waals surface area (Å²) >= 11 is 0. The van der Waals surface area contributed by atoms with E-state index in [4.69, 9.17) is 10.5 Å². The smallest absolute Gasteiger partial charge is 0.216 e. The van der Waals surface area contributed by atoms with Crippen molar-refractivity contribution in [3.8, 4) is 5.88 Å².